The number of carbonyl (C=O) groups is 1. The number of sulfone groups is 1. The Bertz CT molecular complexity index is 393. The molecule has 0 aromatic carbocycles. The molecule has 1 amide bonds. The molecule has 0 aliphatic carbocycles. The highest BCUT2D eigenvalue weighted by Crippen LogP contribution is 2.07. The molecule has 0 radical (unpaired) electrons. The van der Waals surface area contributed by atoms with Crippen LogP contribution in [0.5, 0.6) is 0 Å². The average Bonchev–Trinajstić information content (AvgIpc) is 2.28. The maximum atomic E-state index is 11.8. The summed E-state index contributed by atoms with van der Waals surface area (Å²) in [4.78, 5) is 13.4. The SMILES string of the molecule is CC(C(=O)N1CCNCC1)S(=O)(=O)CC#N. The number of hydrogen-bond acceptors (Lipinski definition) is 5. The zero-order valence-corrected chi connectivity index (χ0v) is 9.96. The molecule has 1 aliphatic heterocycles. The molecule has 1 aliphatic rings. The first-order chi connectivity index (χ1) is 7.49. The summed E-state index contributed by atoms with van der Waals surface area (Å²) in [6.07, 6.45) is 0. The van der Waals surface area contributed by atoms with Gasteiger partial charge in [-0.2, -0.15) is 5.26 Å². The van der Waals surface area contributed by atoms with Crippen molar-refractivity contribution in [1.82, 2.24) is 10.2 Å². The van der Waals surface area contributed by atoms with E-state index in [9.17, 15) is 13.2 Å². The van der Waals surface area contributed by atoms with Gasteiger partial charge in [-0.1, -0.05) is 0 Å². The van der Waals surface area contributed by atoms with Crippen LogP contribution in [0, 0.1) is 11.3 Å². The minimum Gasteiger partial charge on any atom is -0.339 e. The summed E-state index contributed by atoms with van der Waals surface area (Å²) in [5, 5.41) is 10.3. The Balaban J connectivity index is 2.70. The van der Waals surface area contributed by atoms with Crippen LogP contribution in [0.15, 0.2) is 0 Å². The van der Waals surface area contributed by atoms with Gasteiger partial charge in [0.25, 0.3) is 0 Å². The Labute approximate surface area is 95.1 Å². The molecule has 0 saturated carbocycles. The first-order valence-corrected chi connectivity index (χ1v) is 6.78. The number of carbonyl (C=O) groups excluding carboxylic acids is 1. The molecule has 0 spiro atoms. The van der Waals surface area contributed by atoms with Gasteiger partial charge in [-0.15, -0.1) is 0 Å². The second kappa shape index (κ2) is 5.27. The average molecular weight is 245 g/mol. The van der Waals surface area contributed by atoms with Crippen molar-refractivity contribution in [2.24, 2.45) is 0 Å². The summed E-state index contributed by atoms with van der Waals surface area (Å²) in [5.41, 5.74) is 0. The van der Waals surface area contributed by atoms with Crippen LogP contribution in [0.2, 0.25) is 0 Å². The monoisotopic (exact) mass is 245 g/mol. The van der Waals surface area contributed by atoms with Crippen molar-refractivity contribution in [2.75, 3.05) is 31.9 Å². The highest BCUT2D eigenvalue weighted by molar-refractivity contribution is 7.92. The summed E-state index contributed by atoms with van der Waals surface area (Å²) in [7, 11) is -3.63. The lowest BCUT2D eigenvalue weighted by Gasteiger charge is -2.29. The van der Waals surface area contributed by atoms with E-state index in [4.69, 9.17) is 5.26 Å². The van der Waals surface area contributed by atoms with Gasteiger partial charge < -0.3 is 10.2 Å². The highest BCUT2D eigenvalue weighted by Gasteiger charge is 2.31. The molecule has 1 saturated heterocycles. The fraction of sp³-hybridized carbons (Fsp3) is 0.778. The molecule has 6 nitrogen and oxygen atoms in total. The van der Waals surface area contributed by atoms with E-state index in [0.29, 0.717) is 26.2 Å². The van der Waals surface area contributed by atoms with Crippen LogP contribution in [0.3, 0.4) is 0 Å². The van der Waals surface area contributed by atoms with Gasteiger partial charge in [0, 0.05) is 26.2 Å². The lowest BCUT2D eigenvalue weighted by atomic mass is 10.3. The van der Waals surface area contributed by atoms with Crippen LogP contribution in [0.1, 0.15) is 6.92 Å². The van der Waals surface area contributed by atoms with Crippen molar-refractivity contribution in [3.05, 3.63) is 0 Å². The van der Waals surface area contributed by atoms with Crippen molar-refractivity contribution in [3.8, 4) is 6.07 Å². The lowest BCUT2D eigenvalue weighted by Crippen LogP contribution is -2.50. The van der Waals surface area contributed by atoms with E-state index in [0.717, 1.165) is 0 Å². The molecule has 7 heteroatoms. The van der Waals surface area contributed by atoms with Gasteiger partial charge in [0.1, 0.15) is 11.0 Å². The summed E-state index contributed by atoms with van der Waals surface area (Å²) >= 11 is 0. The number of nitrogens with zero attached hydrogens (tertiary/aromatic N) is 2. The molecule has 1 N–H and O–H groups in total. The summed E-state index contributed by atoms with van der Waals surface area (Å²) in [6.45, 7) is 3.74. The van der Waals surface area contributed by atoms with Crippen LogP contribution < -0.4 is 5.32 Å². The summed E-state index contributed by atoms with van der Waals surface area (Å²) < 4.78 is 23.1. The van der Waals surface area contributed by atoms with Crippen molar-refractivity contribution in [2.45, 2.75) is 12.2 Å². The number of rotatable bonds is 3. The lowest BCUT2D eigenvalue weighted by molar-refractivity contribution is -0.130. The van der Waals surface area contributed by atoms with E-state index in [1.165, 1.54) is 11.8 Å². The maximum absolute atomic E-state index is 11.8. The van der Waals surface area contributed by atoms with Crippen molar-refractivity contribution >= 4 is 15.7 Å². The van der Waals surface area contributed by atoms with E-state index in [2.05, 4.69) is 5.32 Å². The third-order valence-electron chi connectivity index (χ3n) is 2.58. The summed E-state index contributed by atoms with van der Waals surface area (Å²) in [6, 6.07) is 1.58. The van der Waals surface area contributed by atoms with Crippen LogP contribution in [-0.4, -0.2) is 56.4 Å². The van der Waals surface area contributed by atoms with Gasteiger partial charge in [0.15, 0.2) is 9.84 Å². The van der Waals surface area contributed by atoms with Crippen LogP contribution in [0.25, 0.3) is 0 Å². The number of amides is 1. The van der Waals surface area contributed by atoms with Crippen molar-refractivity contribution < 1.29 is 13.2 Å². The largest absolute Gasteiger partial charge is 0.339 e. The van der Waals surface area contributed by atoms with E-state index in [1.54, 1.807) is 6.07 Å². The molecule has 1 unspecified atom stereocenters. The molecular formula is C9H15N3O3S. The fourth-order valence-electron chi connectivity index (χ4n) is 1.51. The first kappa shape index (κ1) is 12.9. The molecule has 90 valence electrons. The Kier molecular flexibility index (Phi) is 4.26. The molecule has 0 bridgehead atoms. The van der Waals surface area contributed by atoms with Crippen LogP contribution in [-0.2, 0) is 14.6 Å². The fourth-order valence-corrected chi connectivity index (χ4v) is 2.40. The predicted molar refractivity (Wildman–Crippen MR) is 58.3 cm³/mol. The minimum atomic E-state index is -3.63. The Morgan fingerprint density at radius 1 is 1.50 bits per heavy atom. The van der Waals surface area contributed by atoms with Gasteiger partial charge in [-0.25, -0.2) is 8.42 Å². The number of hydrogen-bond donors (Lipinski definition) is 1. The third kappa shape index (κ3) is 2.93. The molecule has 1 rings (SSSR count). The van der Waals surface area contributed by atoms with Gasteiger partial charge in [-0.05, 0) is 6.92 Å². The topological polar surface area (TPSA) is 90.3 Å². The number of nitriles is 1. The number of piperazine rings is 1. The van der Waals surface area contributed by atoms with E-state index in [1.807, 2.05) is 0 Å². The molecule has 1 atom stereocenters. The second-order valence-electron chi connectivity index (χ2n) is 3.68. The van der Waals surface area contributed by atoms with Gasteiger partial charge >= 0.3 is 0 Å². The molecule has 0 aromatic heterocycles. The molecule has 1 fully saturated rings. The van der Waals surface area contributed by atoms with E-state index in [-0.39, 0.29) is 0 Å². The van der Waals surface area contributed by atoms with Crippen LogP contribution >= 0.6 is 0 Å². The maximum Gasteiger partial charge on any atom is 0.240 e. The first-order valence-electron chi connectivity index (χ1n) is 5.07. The smallest absolute Gasteiger partial charge is 0.240 e. The highest BCUT2D eigenvalue weighted by atomic mass is 32.2. The Morgan fingerprint density at radius 2 is 2.06 bits per heavy atom. The quantitative estimate of drug-likeness (QED) is 0.670. The van der Waals surface area contributed by atoms with E-state index >= 15 is 0 Å². The molecule has 1 heterocycles. The Morgan fingerprint density at radius 3 is 2.56 bits per heavy atom. The second-order valence-corrected chi connectivity index (χ2v) is 6.00. The standard InChI is InChI=1S/C9H15N3O3S/c1-8(16(14,15)7-2-10)9(13)12-5-3-11-4-6-12/h8,11H,3-7H2,1H3. The normalized spacial score (nSPS) is 18.9. The van der Waals surface area contributed by atoms with Gasteiger partial charge in [0.2, 0.25) is 5.91 Å². The van der Waals surface area contributed by atoms with E-state index < -0.39 is 26.7 Å². The molecular weight excluding hydrogens is 230 g/mol. The Hall–Kier alpha value is -1.13. The zero-order valence-electron chi connectivity index (χ0n) is 9.14. The van der Waals surface area contributed by atoms with Gasteiger partial charge in [0.05, 0.1) is 6.07 Å². The van der Waals surface area contributed by atoms with Crippen LogP contribution in [0.4, 0.5) is 0 Å². The van der Waals surface area contributed by atoms with Crippen molar-refractivity contribution in [3.63, 3.8) is 0 Å². The van der Waals surface area contributed by atoms with Gasteiger partial charge in [-0.3, -0.25) is 4.79 Å². The minimum absolute atomic E-state index is 0.406. The molecule has 0 aromatic rings. The zero-order chi connectivity index (χ0) is 12.2. The third-order valence-corrected chi connectivity index (χ3v) is 4.39. The summed E-state index contributed by atoms with van der Waals surface area (Å²) in [5.74, 6) is -1.01. The molecule has 16 heavy (non-hydrogen) atoms. The van der Waals surface area contributed by atoms with Crippen molar-refractivity contribution in [1.29, 1.82) is 5.26 Å². The number of nitrogens with one attached hydrogen (secondary N) is 1. The predicted octanol–water partition coefficient (Wildman–Crippen LogP) is -1.25.